The van der Waals surface area contributed by atoms with Crippen molar-refractivity contribution in [1.82, 2.24) is 5.32 Å². The standard InChI is InChI=1S/C14H18BrF2NO/c1-14(4-6-19-7-5-14)9-18-8-10-12(16)3-2-11(15)13(10)17/h2-3,18H,4-9H2,1H3. The van der Waals surface area contributed by atoms with E-state index in [1.807, 2.05) is 0 Å². The molecule has 0 bridgehead atoms. The first-order valence-corrected chi connectivity index (χ1v) is 7.22. The van der Waals surface area contributed by atoms with E-state index in [0.29, 0.717) is 4.47 Å². The molecular formula is C14H18BrF2NO. The van der Waals surface area contributed by atoms with E-state index >= 15 is 0 Å². The Morgan fingerprint density at radius 2 is 2.00 bits per heavy atom. The lowest BCUT2D eigenvalue weighted by Gasteiger charge is -2.33. The fourth-order valence-corrected chi connectivity index (χ4v) is 2.63. The zero-order valence-electron chi connectivity index (χ0n) is 10.9. The van der Waals surface area contributed by atoms with Crippen LogP contribution in [0.25, 0.3) is 0 Å². The normalized spacial score (nSPS) is 18.5. The Kier molecular flexibility index (Phi) is 4.92. The third-order valence-electron chi connectivity index (χ3n) is 3.69. The fourth-order valence-electron chi connectivity index (χ4n) is 2.26. The maximum Gasteiger partial charge on any atom is 0.144 e. The summed E-state index contributed by atoms with van der Waals surface area (Å²) in [4.78, 5) is 0. The lowest BCUT2D eigenvalue weighted by atomic mass is 9.82. The summed E-state index contributed by atoms with van der Waals surface area (Å²) < 4.78 is 33.0. The molecule has 1 N–H and O–H groups in total. The minimum absolute atomic E-state index is 0.0880. The number of ether oxygens (including phenoxy) is 1. The van der Waals surface area contributed by atoms with Gasteiger partial charge in [0.05, 0.1) is 4.47 Å². The molecule has 0 aliphatic carbocycles. The highest BCUT2D eigenvalue weighted by atomic mass is 79.9. The first-order valence-electron chi connectivity index (χ1n) is 6.43. The maximum atomic E-state index is 13.8. The molecule has 19 heavy (non-hydrogen) atoms. The monoisotopic (exact) mass is 333 g/mol. The minimum Gasteiger partial charge on any atom is -0.381 e. The van der Waals surface area contributed by atoms with Gasteiger partial charge in [-0.15, -0.1) is 0 Å². The predicted molar refractivity (Wildman–Crippen MR) is 73.9 cm³/mol. The van der Waals surface area contributed by atoms with Gasteiger partial charge >= 0.3 is 0 Å². The van der Waals surface area contributed by atoms with Gasteiger partial charge in [0.2, 0.25) is 0 Å². The molecule has 0 atom stereocenters. The van der Waals surface area contributed by atoms with Crippen LogP contribution in [0, 0.1) is 17.0 Å². The van der Waals surface area contributed by atoms with Crippen LogP contribution >= 0.6 is 15.9 Å². The molecule has 1 aliphatic rings. The fraction of sp³-hybridized carbons (Fsp3) is 0.571. The lowest BCUT2D eigenvalue weighted by molar-refractivity contribution is 0.0239. The summed E-state index contributed by atoms with van der Waals surface area (Å²) in [5.74, 6) is -1.03. The van der Waals surface area contributed by atoms with Gasteiger partial charge in [0.1, 0.15) is 11.6 Å². The Balaban J connectivity index is 1.94. The highest BCUT2D eigenvalue weighted by Gasteiger charge is 2.27. The second-order valence-corrected chi connectivity index (χ2v) is 6.20. The first kappa shape index (κ1) is 14.9. The smallest absolute Gasteiger partial charge is 0.144 e. The van der Waals surface area contributed by atoms with Crippen LogP contribution in [-0.2, 0) is 11.3 Å². The Bertz CT molecular complexity index is 447. The molecule has 5 heteroatoms. The van der Waals surface area contributed by atoms with Gasteiger partial charge in [-0.05, 0) is 46.3 Å². The topological polar surface area (TPSA) is 21.3 Å². The van der Waals surface area contributed by atoms with Gasteiger partial charge < -0.3 is 10.1 Å². The molecule has 0 saturated carbocycles. The van der Waals surface area contributed by atoms with Crippen molar-refractivity contribution in [1.29, 1.82) is 0 Å². The summed E-state index contributed by atoms with van der Waals surface area (Å²) in [5, 5.41) is 3.16. The quantitative estimate of drug-likeness (QED) is 0.849. The SMILES string of the molecule is CC1(CNCc2c(F)ccc(Br)c2F)CCOCC1. The van der Waals surface area contributed by atoms with E-state index in [-0.39, 0.29) is 17.5 Å². The van der Waals surface area contributed by atoms with Crippen molar-refractivity contribution in [3.8, 4) is 0 Å². The van der Waals surface area contributed by atoms with Gasteiger partial charge in [0, 0.05) is 31.9 Å². The molecule has 106 valence electrons. The van der Waals surface area contributed by atoms with Crippen molar-refractivity contribution in [2.45, 2.75) is 26.3 Å². The lowest BCUT2D eigenvalue weighted by Crippen LogP contribution is -2.36. The average Bonchev–Trinajstić information content (AvgIpc) is 2.39. The third kappa shape index (κ3) is 3.74. The molecule has 0 spiro atoms. The summed E-state index contributed by atoms with van der Waals surface area (Å²) in [6.45, 7) is 4.64. The molecule has 1 aromatic rings. The summed E-state index contributed by atoms with van der Waals surface area (Å²) >= 11 is 3.07. The van der Waals surface area contributed by atoms with Crippen molar-refractivity contribution < 1.29 is 13.5 Å². The van der Waals surface area contributed by atoms with Crippen molar-refractivity contribution in [2.75, 3.05) is 19.8 Å². The minimum atomic E-state index is -0.523. The van der Waals surface area contributed by atoms with Crippen LogP contribution in [0.2, 0.25) is 0 Å². The van der Waals surface area contributed by atoms with Crippen molar-refractivity contribution in [3.05, 3.63) is 33.8 Å². The van der Waals surface area contributed by atoms with Gasteiger partial charge in [-0.25, -0.2) is 8.78 Å². The summed E-state index contributed by atoms with van der Waals surface area (Å²) in [6, 6.07) is 2.66. The van der Waals surface area contributed by atoms with E-state index in [9.17, 15) is 8.78 Å². The predicted octanol–water partition coefficient (Wildman–Crippen LogP) is 3.63. The number of halogens is 3. The van der Waals surface area contributed by atoms with E-state index in [4.69, 9.17) is 4.74 Å². The molecule has 0 aromatic heterocycles. The van der Waals surface area contributed by atoms with Crippen LogP contribution in [0.3, 0.4) is 0 Å². The second kappa shape index (κ2) is 6.29. The summed E-state index contributed by atoms with van der Waals surface area (Å²) in [5.41, 5.74) is 0.238. The zero-order chi connectivity index (χ0) is 13.9. The molecular weight excluding hydrogens is 316 g/mol. The van der Waals surface area contributed by atoms with Gasteiger partial charge in [0.25, 0.3) is 0 Å². The molecule has 1 saturated heterocycles. The number of hydrogen-bond acceptors (Lipinski definition) is 2. The van der Waals surface area contributed by atoms with Gasteiger partial charge in [-0.2, -0.15) is 0 Å². The molecule has 2 rings (SSSR count). The molecule has 1 aliphatic heterocycles. The molecule has 0 unspecified atom stereocenters. The molecule has 1 heterocycles. The number of benzene rings is 1. The highest BCUT2D eigenvalue weighted by molar-refractivity contribution is 9.10. The van der Waals surface area contributed by atoms with E-state index < -0.39 is 11.6 Å². The molecule has 1 aromatic carbocycles. The Hall–Kier alpha value is -0.520. The Morgan fingerprint density at radius 3 is 2.68 bits per heavy atom. The number of rotatable bonds is 4. The Labute approximate surface area is 120 Å². The summed E-state index contributed by atoms with van der Waals surface area (Å²) in [7, 11) is 0. The second-order valence-electron chi connectivity index (χ2n) is 5.35. The van der Waals surface area contributed by atoms with Crippen molar-refractivity contribution >= 4 is 15.9 Å². The van der Waals surface area contributed by atoms with Crippen LogP contribution < -0.4 is 5.32 Å². The Morgan fingerprint density at radius 1 is 1.32 bits per heavy atom. The van der Waals surface area contributed by atoms with Crippen LogP contribution in [0.4, 0.5) is 8.78 Å². The van der Waals surface area contributed by atoms with E-state index in [1.54, 1.807) is 0 Å². The molecule has 0 radical (unpaired) electrons. The van der Waals surface area contributed by atoms with Crippen LogP contribution in [0.1, 0.15) is 25.3 Å². The number of hydrogen-bond donors (Lipinski definition) is 1. The number of nitrogens with one attached hydrogen (secondary N) is 1. The molecule has 0 amide bonds. The van der Waals surface area contributed by atoms with E-state index in [2.05, 4.69) is 28.2 Å². The first-order chi connectivity index (χ1) is 9.02. The summed E-state index contributed by atoms with van der Waals surface area (Å²) in [6.07, 6.45) is 1.95. The van der Waals surface area contributed by atoms with E-state index in [0.717, 1.165) is 32.6 Å². The van der Waals surface area contributed by atoms with Gasteiger partial charge in [0.15, 0.2) is 0 Å². The van der Waals surface area contributed by atoms with Crippen molar-refractivity contribution in [2.24, 2.45) is 5.41 Å². The van der Waals surface area contributed by atoms with Crippen molar-refractivity contribution in [3.63, 3.8) is 0 Å². The van der Waals surface area contributed by atoms with Gasteiger partial charge in [-0.1, -0.05) is 6.92 Å². The molecule has 1 fully saturated rings. The highest BCUT2D eigenvalue weighted by Crippen LogP contribution is 2.29. The maximum absolute atomic E-state index is 13.8. The van der Waals surface area contributed by atoms with Crippen LogP contribution in [-0.4, -0.2) is 19.8 Å². The zero-order valence-corrected chi connectivity index (χ0v) is 12.5. The van der Waals surface area contributed by atoms with Crippen LogP contribution in [0.15, 0.2) is 16.6 Å². The average molecular weight is 334 g/mol. The van der Waals surface area contributed by atoms with Crippen LogP contribution in [0.5, 0.6) is 0 Å². The van der Waals surface area contributed by atoms with Gasteiger partial charge in [-0.3, -0.25) is 0 Å². The third-order valence-corrected chi connectivity index (χ3v) is 4.30. The largest absolute Gasteiger partial charge is 0.381 e. The molecule has 2 nitrogen and oxygen atoms in total. The van der Waals surface area contributed by atoms with E-state index in [1.165, 1.54) is 12.1 Å².